The number of rotatable bonds is 8. The Morgan fingerprint density at radius 2 is 2.00 bits per heavy atom. The first-order valence-electron chi connectivity index (χ1n) is 12.5. The van der Waals surface area contributed by atoms with Crippen molar-refractivity contribution in [2.45, 2.75) is 38.6 Å². The summed E-state index contributed by atoms with van der Waals surface area (Å²) in [7, 11) is 0. The predicted octanol–water partition coefficient (Wildman–Crippen LogP) is 4.41. The summed E-state index contributed by atoms with van der Waals surface area (Å²) in [5.41, 5.74) is 0.826. The van der Waals surface area contributed by atoms with Crippen LogP contribution in [-0.2, 0) is 9.59 Å². The summed E-state index contributed by atoms with van der Waals surface area (Å²) in [6.45, 7) is 3.87. The number of aliphatic hydroxyl groups excluding tert-OH is 1. The number of nitrogens with one attached hydrogen (secondary N) is 1. The van der Waals surface area contributed by atoms with Gasteiger partial charge in [-0.15, -0.1) is 13.2 Å². The number of hydrogen-bond donors (Lipinski definition) is 2. The van der Waals surface area contributed by atoms with Crippen molar-refractivity contribution < 1.29 is 37.0 Å². The lowest BCUT2D eigenvalue weighted by molar-refractivity contribution is -0.274. The van der Waals surface area contributed by atoms with E-state index in [2.05, 4.69) is 15.0 Å². The van der Waals surface area contributed by atoms with E-state index >= 15 is 0 Å². The minimum absolute atomic E-state index is 0.00436. The van der Waals surface area contributed by atoms with Gasteiger partial charge in [0.05, 0.1) is 12.3 Å². The molecule has 2 aromatic rings. The molecule has 1 saturated heterocycles. The van der Waals surface area contributed by atoms with Crippen molar-refractivity contribution in [3.8, 4) is 5.75 Å². The average molecular weight is 581 g/mol. The molecule has 2 N–H and O–H groups in total. The van der Waals surface area contributed by atoms with Crippen molar-refractivity contribution in [1.29, 1.82) is 0 Å². The van der Waals surface area contributed by atoms with Gasteiger partial charge < -0.3 is 20.1 Å². The molecule has 2 amide bonds. The second kappa shape index (κ2) is 12.0. The number of amidine groups is 1. The van der Waals surface area contributed by atoms with Crippen molar-refractivity contribution >= 4 is 41.4 Å². The third-order valence-electron chi connectivity index (χ3n) is 6.66. The van der Waals surface area contributed by atoms with Gasteiger partial charge in [-0.05, 0) is 66.6 Å². The molecule has 0 saturated carbocycles. The summed E-state index contributed by atoms with van der Waals surface area (Å²) in [6.07, 6.45) is -2.24. The zero-order chi connectivity index (χ0) is 29.1. The van der Waals surface area contributed by atoms with Gasteiger partial charge in [0.2, 0.25) is 5.91 Å². The highest BCUT2D eigenvalue weighted by Crippen LogP contribution is 2.34. The first kappa shape index (κ1) is 29.6. The number of aliphatic hydroxyl groups is 1. The number of ether oxygens (including phenoxy) is 1. The van der Waals surface area contributed by atoms with Crippen LogP contribution in [0.5, 0.6) is 5.75 Å². The van der Waals surface area contributed by atoms with Crippen LogP contribution < -0.4 is 15.0 Å². The average Bonchev–Trinajstić information content (AvgIpc) is 3.20. The SMILES string of the molecule is CC(=O)N(CCO)c1cc(C)c(/C=C/SN2CCC3(CC2)N=C(c2cccc(OC(F)(F)F)c2)NC3=O)cc1F. The molecule has 13 heteroatoms. The molecule has 1 fully saturated rings. The van der Waals surface area contributed by atoms with Crippen LogP contribution in [0.25, 0.3) is 6.08 Å². The van der Waals surface area contributed by atoms with E-state index in [1.54, 1.807) is 25.1 Å². The molecule has 0 bridgehead atoms. The maximum absolute atomic E-state index is 14.8. The van der Waals surface area contributed by atoms with E-state index in [4.69, 9.17) is 0 Å². The molecule has 0 atom stereocenters. The van der Waals surface area contributed by atoms with Crippen LogP contribution in [0.4, 0.5) is 23.2 Å². The van der Waals surface area contributed by atoms with Gasteiger partial charge in [0.1, 0.15) is 22.9 Å². The van der Waals surface area contributed by atoms with Gasteiger partial charge >= 0.3 is 6.36 Å². The van der Waals surface area contributed by atoms with E-state index in [1.807, 2.05) is 9.71 Å². The van der Waals surface area contributed by atoms with Gasteiger partial charge in [-0.3, -0.25) is 14.6 Å². The van der Waals surface area contributed by atoms with Gasteiger partial charge in [-0.25, -0.2) is 8.70 Å². The second-order valence-electron chi connectivity index (χ2n) is 9.41. The number of anilines is 1. The molecule has 0 radical (unpaired) electrons. The standard InChI is InChI=1S/C27H28F4N4O4S/c1-17-14-23(35(11-12-36)18(2)37)22(28)16-19(17)6-13-40-34-9-7-26(8-10-34)25(38)32-24(33-26)20-4-3-5-21(15-20)39-27(29,30)31/h3-6,13-16,36H,7-12H2,1-2H3,(H,32,33,38)/b13-6+. The molecule has 2 aliphatic heterocycles. The Kier molecular flexibility index (Phi) is 8.86. The van der Waals surface area contributed by atoms with Crippen LogP contribution in [0.2, 0.25) is 0 Å². The fourth-order valence-corrected chi connectivity index (χ4v) is 5.37. The summed E-state index contributed by atoms with van der Waals surface area (Å²) in [5.74, 6) is -1.42. The van der Waals surface area contributed by atoms with Crippen LogP contribution in [-0.4, -0.2) is 65.2 Å². The number of amides is 2. The summed E-state index contributed by atoms with van der Waals surface area (Å²) >= 11 is 1.41. The molecule has 8 nitrogen and oxygen atoms in total. The minimum atomic E-state index is -4.83. The molecule has 2 aliphatic rings. The predicted molar refractivity (Wildman–Crippen MR) is 144 cm³/mol. The monoisotopic (exact) mass is 580 g/mol. The Hall–Kier alpha value is -3.42. The molecular formula is C27H28F4N4O4S. The topological polar surface area (TPSA) is 94.5 Å². The number of alkyl halides is 3. The second-order valence-corrected chi connectivity index (χ2v) is 10.4. The molecule has 1 spiro atoms. The van der Waals surface area contributed by atoms with Crippen molar-refractivity contribution in [3.63, 3.8) is 0 Å². The Balaban J connectivity index is 1.38. The van der Waals surface area contributed by atoms with Gasteiger partial charge in [0.15, 0.2) is 0 Å². The smallest absolute Gasteiger partial charge is 0.406 e. The highest BCUT2D eigenvalue weighted by Gasteiger charge is 2.46. The fourth-order valence-electron chi connectivity index (χ4n) is 4.60. The lowest BCUT2D eigenvalue weighted by Crippen LogP contribution is -2.47. The molecule has 0 aromatic heterocycles. The Bertz CT molecular complexity index is 1340. The highest BCUT2D eigenvalue weighted by atomic mass is 32.2. The first-order chi connectivity index (χ1) is 18.9. The molecule has 4 rings (SSSR count). The fraction of sp³-hybridized carbons (Fsp3) is 0.370. The van der Waals surface area contributed by atoms with E-state index in [0.717, 1.165) is 5.56 Å². The molecule has 2 heterocycles. The molecule has 0 unspecified atom stereocenters. The number of hydrogen-bond acceptors (Lipinski definition) is 7. The quantitative estimate of drug-likeness (QED) is 0.355. The van der Waals surface area contributed by atoms with Crippen LogP contribution in [0.3, 0.4) is 0 Å². The maximum Gasteiger partial charge on any atom is 0.573 e. The largest absolute Gasteiger partial charge is 0.573 e. The van der Waals surface area contributed by atoms with E-state index in [0.29, 0.717) is 37.1 Å². The number of carbonyl (C=O) groups excluding carboxylic acids is 2. The van der Waals surface area contributed by atoms with Gasteiger partial charge in [0, 0.05) is 32.1 Å². The van der Waals surface area contributed by atoms with E-state index in [-0.39, 0.29) is 36.5 Å². The summed E-state index contributed by atoms with van der Waals surface area (Å²) in [5, 5.41) is 13.7. The van der Waals surface area contributed by atoms with Crippen molar-refractivity contribution in [2.75, 3.05) is 31.1 Å². The van der Waals surface area contributed by atoms with Crippen LogP contribution in [0, 0.1) is 12.7 Å². The van der Waals surface area contributed by atoms with Crippen LogP contribution >= 0.6 is 11.9 Å². The Morgan fingerprint density at radius 1 is 1.27 bits per heavy atom. The summed E-state index contributed by atoms with van der Waals surface area (Å²) in [6, 6.07) is 8.23. The lowest BCUT2D eigenvalue weighted by atomic mass is 9.89. The lowest BCUT2D eigenvalue weighted by Gasteiger charge is -2.34. The minimum Gasteiger partial charge on any atom is -0.406 e. The maximum atomic E-state index is 14.8. The number of carbonyl (C=O) groups is 2. The van der Waals surface area contributed by atoms with Gasteiger partial charge in [-0.2, -0.15) is 0 Å². The third kappa shape index (κ3) is 6.83. The van der Waals surface area contributed by atoms with E-state index in [9.17, 15) is 32.3 Å². The normalized spacial score (nSPS) is 17.3. The van der Waals surface area contributed by atoms with E-state index in [1.165, 1.54) is 48.0 Å². The summed E-state index contributed by atoms with van der Waals surface area (Å²) < 4.78 is 58.5. The molecule has 2 aromatic carbocycles. The number of aryl methyl sites for hydroxylation is 1. The molecule has 40 heavy (non-hydrogen) atoms. The zero-order valence-electron chi connectivity index (χ0n) is 21.8. The molecule has 214 valence electrons. The van der Waals surface area contributed by atoms with Crippen molar-refractivity contribution in [2.24, 2.45) is 4.99 Å². The van der Waals surface area contributed by atoms with E-state index < -0.39 is 23.5 Å². The van der Waals surface area contributed by atoms with Crippen molar-refractivity contribution in [1.82, 2.24) is 9.62 Å². The Labute approximate surface area is 232 Å². The molecule has 0 aliphatic carbocycles. The van der Waals surface area contributed by atoms with Gasteiger partial charge in [-0.1, -0.05) is 24.1 Å². The highest BCUT2D eigenvalue weighted by molar-refractivity contribution is 8.00. The van der Waals surface area contributed by atoms with Crippen LogP contribution in [0.1, 0.15) is 36.5 Å². The number of nitrogens with zero attached hydrogens (tertiary/aromatic N) is 3. The number of halogens is 4. The van der Waals surface area contributed by atoms with Gasteiger partial charge in [0.25, 0.3) is 5.91 Å². The Morgan fingerprint density at radius 3 is 2.65 bits per heavy atom. The third-order valence-corrected chi connectivity index (χ3v) is 7.58. The van der Waals surface area contributed by atoms with Crippen LogP contribution in [0.15, 0.2) is 46.8 Å². The molecular weight excluding hydrogens is 552 g/mol. The summed E-state index contributed by atoms with van der Waals surface area (Å²) in [4.78, 5) is 30.4. The first-order valence-corrected chi connectivity index (χ1v) is 13.3. The number of benzene rings is 2. The van der Waals surface area contributed by atoms with Crippen molar-refractivity contribution in [3.05, 3.63) is 64.3 Å². The number of piperidine rings is 1. The number of aliphatic imine (C=N–C) groups is 1. The zero-order valence-corrected chi connectivity index (χ0v) is 22.6.